The number of rotatable bonds is 10. The van der Waals surface area contributed by atoms with Crippen molar-refractivity contribution in [2.45, 2.75) is 20.8 Å². The predicted molar refractivity (Wildman–Crippen MR) is 107 cm³/mol. The Labute approximate surface area is 157 Å². The quantitative estimate of drug-likeness (QED) is 0.257. The molecule has 0 heterocycles. The molecule has 0 aliphatic carbocycles. The van der Waals surface area contributed by atoms with Crippen molar-refractivity contribution >= 4 is 29.9 Å². The number of halogens is 1. The molecule has 132 valence electrons. The van der Waals surface area contributed by atoms with E-state index in [0.29, 0.717) is 32.2 Å². The number of guanidine groups is 1. The van der Waals surface area contributed by atoms with E-state index in [1.807, 2.05) is 37.3 Å². The Bertz CT molecular complexity index is 414. The van der Waals surface area contributed by atoms with Crippen LogP contribution in [-0.2, 0) is 4.74 Å². The maximum atomic E-state index is 5.63. The van der Waals surface area contributed by atoms with Gasteiger partial charge in [-0.3, -0.25) is 4.99 Å². The third-order valence-electron chi connectivity index (χ3n) is 2.71. The van der Waals surface area contributed by atoms with Crippen LogP contribution in [0.25, 0.3) is 0 Å². The summed E-state index contributed by atoms with van der Waals surface area (Å²) in [6, 6.07) is 9.80. The molecule has 2 N–H and O–H groups in total. The lowest BCUT2D eigenvalue weighted by Crippen LogP contribution is -2.39. The third-order valence-corrected chi connectivity index (χ3v) is 2.71. The van der Waals surface area contributed by atoms with Crippen LogP contribution >= 0.6 is 24.0 Å². The van der Waals surface area contributed by atoms with E-state index in [0.717, 1.165) is 24.9 Å². The predicted octanol–water partition coefficient (Wildman–Crippen LogP) is 2.91. The molecule has 1 aromatic rings. The molecule has 5 nitrogen and oxygen atoms in total. The normalized spacial score (nSPS) is 11.0. The molecule has 0 atom stereocenters. The molecule has 23 heavy (non-hydrogen) atoms. The fourth-order valence-corrected chi connectivity index (χ4v) is 1.74. The van der Waals surface area contributed by atoms with Crippen molar-refractivity contribution in [2.75, 3.05) is 39.5 Å². The van der Waals surface area contributed by atoms with Gasteiger partial charge in [0.05, 0.1) is 19.7 Å². The molecule has 0 aromatic heterocycles. The zero-order valence-corrected chi connectivity index (χ0v) is 16.7. The van der Waals surface area contributed by atoms with Gasteiger partial charge in [-0.15, -0.1) is 24.0 Å². The van der Waals surface area contributed by atoms with Crippen molar-refractivity contribution in [1.29, 1.82) is 0 Å². The van der Waals surface area contributed by atoms with Gasteiger partial charge in [-0.25, -0.2) is 0 Å². The molecular weight excluding hydrogens is 405 g/mol. The van der Waals surface area contributed by atoms with Crippen LogP contribution in [-0.4, -0.2) is 45.4 Å². The van der Waals surface area contributed by atoms with Crippen LogP contribution in [0.5, 0.6) is 5.75 Å². The molecule has 6 heteroatoms. The molecular formula is C17H30IN3O2. The van der Waals surface area contributed by atoms with Gasteiger partial charge in [0.25, 0.3) is 0 Å². The summed E-state index contributed by atoms with van der Waals surface area (Å²) in [6.07, 6.45) is 0. The van der Waals surface area contributed by atoms with Gasteiger partial charge >= 0.3 is 0 Å². The van der Waals surface area contributed by atoms with Crippen molar-refractivity contribution in [3.8, 4) is 5.75 Å². The average molecular weight is 435 g/mol. The number of hydrogen-bond donors (Lipinski definition) is 2. The zero-order chi connectivity index (χ0) is 16.0. The number of aliphatic imine (C=N–C) groups is 1. The van der Waals surface area contributed by atoms with E-state index in [1.54, 1.807) is 0 Å². The highest BCUT2D eigenvalue weighted by molar-refractivity contribution is 14.0. The standard InChI is InChI=1S/C17H29N3O2.HI/c1-4-18-17(19-10-12-21-14-15(2)3)20-11-13-22-16-8-6-5-7-9-16;/h5-9,15H,4,10-14H2,1-3H3,(H2,18,19,20);1H. The van der Waals surface area contributed by atoms with Gasteiger partial charge < -0.3 is 20.1 Å². The number of nitrogens with one attached hydrogen (secondary N) is 2. The zero-order valence-electron chi connectivity index (χ0n) is 14.4. The first-order valence-electron chi connectivity index (χ1n) is 8.00. The Morgan fingerprint density at radius 1 is 1.13 bits per heavy atom. The van der Waals surface area contributed by atoms with E-state index in [2.05, 4.69) is 29.5 Å². The molecule has 0 spiro atoms. The monoisotopic (exact) mass is 435 g/mol. The summed E-state index contributed by atoms with van der Waals surface area (Å²) in [4.78, 5) is 4.47. The fourth-order valence-electron chi connectivity index (χ4n) is 1.74. The van der Waals surface area contributed by atoms with E-state index >= 15 is 0 Å². The Kier molecular flexibility index (Phi) is 13.9. The summed E-state index contributed by atoms with van der Waals surface area (Å²) in [5.41, 5.74) is 0. The second-order valence-corrected chi connectivity index (χ2v) is 5.32. The number of benzene rings is 1. The Hall–Kier alpha value is -1.02. The lowest BCUT2D eigenvalue weighted by molar-refractivity contribution is 0.117. The van der Waals surface area contributed by atoms with E-state index in [4.69, 9.17) is 9.47 Å². The van der Waals surface area contributed by atoms with E-state index < -0.39 is 0 Å². The molecule has 0 fully saturated rings. The summed E-state index contributed by atoms with van der Waals surface area (Å²) >= 11 is 0. The molecule has 0 saturated carbocycles. The van der Waals surface area contributed by atoms with Gasteiger partial charge in [0.1, 0.15) is 12.4 Å². The first-order chi connectivity index (χ1) is 10.7. The maximum Gasteiger partial charge on any atom is 0.191 e. The number of hydrogen-bond acceptors (Lipinski definition) is 3. The SMILES string of the molecule is CCNC(=NCCOCC(C)C)NCCOc1ccccc1.I. The molecule has 0 amide bonds. The van der Waals surface area contributed by atoms with Crippen LogP contribution < -0.4 is 15.4 Å². The second-order valence-electron chi connectivity index (χ2n) is 5.32. The number of nitrogens with zero attached hydrogens (tertiary/aromatic N) is 1. The van der Waals surface area contributed by atoms with Crippen molar-refractivity contribution in [2.24, 2.45) is 10.9 Å². The highest BCUT2D eigenvalue weighted by Crippen LogP contribution is 2.07. The van der Waals surface area contributed by atoms with E-state index in [1.165, 1.54) is 0 Å². The van der Waals surface area contributed by atoms with Crippen molar-refractivity contribution in [3.05, 3.63) is 30.3 Å². The fraction of sp³-hybridized carbons (Fsp3) is 0.588. The maximum absolute atomic E-state index is 5.63. The minimum absolute atomic E-state index is 0. The summed E-state index contributed by atoms with van der Waals surface area (Å²) in [5.74, 6) is 2.24. The molecule has 1 aromatic carbocycles. The van der Waals surface area contributed by atoms with Crippen LogP contribution in [0.2, 0.25) is 0 Å². The lowest BCUT2D eigenvalue weighted by Gasteiger charge is -2.12. The highest BCUT2D eigenvalue weighted by Gasteiger charge is 1.98. The Morgan fingerprint density at radius 3 is 2.52 bits per heavy atom. The van der Waals surface area contributed by atoms with Gasteiger partial charge in [-0.2, -0.15) is 0 Å². The summed E-state index contributed by atoms with van der Waals surface area (Å²) in [7, 11) is 0. The summed E-state index contributed by atoms with van der Waals surface area (Å²) in [5, 5.41) is 6.46. The lowest BCUT2D eigenvalue weighted by atomic mass is 10.2. The van der Waals surface area contributed by atoms with E-state index in [9.17, 15) is 0 Å². The van der Waals surface area contributed by atoms with Crippen LogP contribution in [0, 0.1) is 5.92 Å². The Balaban J connectivity index is 0.00000484. The third kappa shape index (κ3) is 12.1. The minimum Gasteiger partial charge on any atom is -0.492 e. The topological polar surface area (TPSA) is 54.9 Å². The van der Waals surface area contributed by atoms with Gasteiger partial charge in [-0.05, 0) is 25.0 Å². The Morgan fingerprint density at radius 2 is 1.87 bits per heavy atom. The number of para-hydroxylation sites is 1. The smallest absolute Gasteiger partial charge is 0.191 e. The first-order valence-corrected chi connectivity index (χ1v) is 8.00. The van der Waals surface area contributed by atoms with Crippen LogP contribution in [0.15, 0.2) is 35.3 Å². The van der Waals surface area contributed by atoms with Crippen LogP contribution in [0.4, 0.5) is 0 Å². The van der Waals surface area contributed by atoms with Crippen molar-refractivity contribution in [1.82, 2.24) is 10.6 Å². The second kappa shape index (κ2) is 14.6. The van der Waals surface area contributed by atoms with E-state index in [-0.39, 0.29) is 24.0 Å². The largest absolute Gasteiger partial charge is 0.492 e. The molecule has 0 bridgehead atoms. The molecule has 0 aliphatic heterocycles. The molecule has 0 aliphatic rings. The van der Waals surface area contributed by atoms with Gasteiger partial charge in [0.15, 0.2) is 5.96 Å². The summed E-state index contributed by atoms with van der Waals surface area (Å²) < 4.78 is 11.2. The molecule has 0 unspecified atom stereocenters. The van der Waals surface area contributed by atoms with Gasteiger partial charge in [0.2, 0.25) is 0 Å². The molecule has 0 saturated heterocycles. The highest BCUT2D eigenvalue weighted by atomic mass is 127. The van der Waals surface area contributed by atoms with Crippen LogP contribution in [0.1, 0.15) is 20.8 Å². The molecule has 0 radical (unpaired) electrons. The van der Waals surface area contributed by atoms with Crippen molar-refractivity contribution in [3.63, 3.8) is 0 Å². The van der Waals surface area contributed by atoms with Gasteiger partial charge in [0, 0.05) is 13.2 Å². The van der Waals surface area contributed by atoms with Gasteiger partial charge in [-0.1, -0.05) is 32.0 Å². The van der Waals surface area contributed by atoms with Crippen molar-refractivity contribution < 1.29 is 9.47 Å². The summed E-state index contributed by atoms with van der Waals surface area (Å²) in [6.45, 7) is 10.5. The molecule has 1 rings (SSSR count). The van der Waals surface area contributed by atoms with Crippen LogP contribution in [0.3, 0.4) is 0 Å². The average Bonchev–Trinajstić information content (AvgIpc) is 2.51. The minimum atomic E-state index is 0. The first kappa shape index (κ1) is 22.0. The number of ether oxygens (including phenoxy) is 2.